The molecule has 0 aliphatic rings. The number of hydrogen-bond acceptors (Lipinski definition) is 2. The first-order chi connectivity index (χ1) is 10.3. The molecular formula is C20H33NO. The van der Waals surface area contributed by atoms with Crippen LogP contribution in [0.25, 0.3) is 6.08 Å². The highest BCUT2D eigenvalue weighted by Gasteiger charge is 2.14. The summed E-state index contributed by atoms with van der Waals surface area (Å²) in [6.45, 7) is 12.2. The minimum atomic E-state index is 0.164. The lowest BCUT2D eigenvalue weighted by Crippen LogP contribution is -2.23. The van der Waals surface area contributed by atoms with Crippen molar-refractivity contribution in [3.8, 4) is 5.75 Å². The van der Waals surface area contributed by atoms with Crippen LogP contribution in [0.1, 0.15) is 65.0 Å². The summed E-state index contributed by atoms with van der Waals surface area (Å²) in [5.74, 6) is 0.950. The van der Waals surface area contributed by atoms with Gasteiger partial charge in [-0.2, -0.15) is 0 Å². The smallest absolute Gasteiger partial charge is 0.126 e. The van der Waals surface area contributed by atoms with E-state index in [-0.39, 0.29) is 5.41 Å². The van der Waals surface area contributed by atoms with Crippen LogP contribution in [0.15, 0.2) is 24.3 Å². The molecule has 0 unspecified atom stereocenters. The van der Waals surface area contributed by atoms with Crippen LogP contribution in [0.4, 0.5) is 0 Å². The van der Waals surface area contributed by atoms with Crippen LogP contribution in [-0.4, -0.2) is 19.7 Å². The van der Waals surface area contributed by atoms with Gasteiger partial charge in [-0.3, -0.25) is 0 Å². The van der Waals surface area contributed by atoms with E-state index in [0.717, 1.165) is 18.7 Å². The van der Waals surface area contributed by atoms with E-state index in [0.29, 0.717) is 6.04 Å². The average molecular weight is 303 g/mol. The number of rotatable bonds is 8. The summed E-state index contributed by atoms with van der Waals surface area (Å²) < 4.78 is 5.47. The van der Waals surface area contributed by atoms with E-state index in [4.69, 9.17) is 4.74 Å². The lowest BCUT2D eigenvalue weighted by molar-refractivity contribution is 0.413. The molecule has 0 aliphatic carbocycles. The molecule has 124 valence electrons. The number of ether oxygens (including phenoxy) is 1. The molecule has 0 bridgehead atoms. The van der Waals surface area contributed by atoms with Gasteiger partial charge in [0.2, 0.25) is 0 Å². The van der Waals surface area contributed by atoms with Crippen molar-refractivity contribution in [2.45, 2.75) is 65.3 Å². The van der Waals surface area contributed by atoms with Gasteiger partial charge >= 0.3 is 0 Å². The molecule has 1 aromatic rings. The summed E-state index contributed by atoms with van der Waals surface area (Å²) in [7, 11) is 1.74. The SMILES string of the molecule is COc1ccc(C(C)(C)C)cc1C=CCCCCNC(C)C. The molecule has 0 saturated carbocycles. The van der Waals surface area contributed by atoms with Gasteiger partial charge in [0.25, 0.3) is 0 Å². The van der Waals surface area contributed by atoms with Crippen LogP contribution < -0.4 is 10.1 Å². The molecule has 0 atom stereocenters. The molecule has 2 nitrogen and oxygen atoms in total. The van der Waals surface area contributed by atoms with Crippen LogP contribution in [0, 0.1) is 0 Å². The summed E-state index contributed by atoms with van der Waals surface area (Å²) in [6, 6.07) is 7.07. The zero-order chi connectivity index (χ0) is 16.6. The van der Waals surface area contributed by atoms with Crippen molar-refractivity contribution in [3.63, 3.8) is 0 Å². The van der Waals surface area contributed by atoms with E-state index in [1.165, 1.54) is 24.0 Å². The maximum atomic E-state index is 5.47. The van der Waals surface area contributed by atoms with Crippen molar-refractivity contribution in [1.29, 1.82) is 0 Å². The van der Waals surface area contributed by atoms with Crippen molar-refractivity contribution in [1.82, 2.24) is 5.32 Å². The van der Waals surface area contributed by atoms with E-state index < -0.39 is 0 Å². The summed E-state index contributed by atoms with van der Waals surface area (Å²) in [5.41, 5.74) is 2.68. The normalized spacial score (nSPS) is 12.3. The number of benzene rings is 1. The van der Waals surface area contributed by atoms with Gasteiger partial charge in [-0.25, -0.2) is 0 Å². The van der Waals surface area contributed by atoms with E-state index in [1.807, 2.05) is 0 Å². The van der Waals surface area contributed by atoms with Gasteiger partial charge < -0.3 is 10.1 Å². The van der Waals surface area contributed by atoms with Crippen molar-refractivity contribution < 1.29 is 4.74 Å². The molecule has 0 spiro atoms. The lowest BCUT2D eigenvalue weighted by Gasteiger charge is -2.20. The highest BCUT2D eigenvalue weighted by molar-refractivity contribution is 5.59. The van der Waals surface area contributed by atoms with Crippen LogP contribution >= 0.6 is 0 Å². The number of allylic oxidation sites excluding steroid dienone is 1. The maximum absolute atomic E-state index is 5.47. The van der Waals surface area contributed by atoms with Gasteiger partial charge in [0.05, 0.1) is 7.11 Å². The molecule has 1 aromatic carbocycles. The minimum Gasteiger partial charge on any atom is -0.496 e. The molecule has 0 saturated heterocycles. The molecule has 1 N–H and O–H groups in total. The highest BCUT2D eigenvalue weighted by Crippen LogP contribution is 2.28. The molecule has 0 aliphatic heterocycles. The Morgan fingerprint density at radius 2 is 1.91 bits per heavy atom. The summed E-state index contributed by atoms with van der Waals surface area (Å²) in [5, 5.41) is 3.45. The Morgan fingerprint density at radius 3 is 2.50 bits per heavy atom. The molecule has 0 radical (unpaired) electrons. The Balaban J connectivity index is 2.58. The second kappa shape index (κ2) is 8.99. The predicted octanol–water partition coefficient (Wildman–Crippen LogP) is 5.17. The Hall–Kier alpha value is -1.28. The van der Waals surface area contributed by atoms with Gasteiger partial charge in [0, 0.05) is 11.6 Å². The topological polar surface area (TPSA) is 21.3 Å². The molecule has 0 fully saturated rings. The van der Waals surface area contributed by atoms with Crippen molar-refractivity contribution in [2.24, 2.45) is 0 Å². The minimum absolute atomic E-state index is 0.164. The van der Waals surface area contributed by atoms with E-state index in [2.05, 4.69) is 70.3 Å². The van der Waals surface area contributed by atoms with E-state index in [1.54, 1.807) is 7.11 Å². The van der Waals surface area contributed by atoms with Crippen molar-refractivity contribution in [2.75, 3.05) is 13.7 Å². The summed E-state index contributed by atoms with van der Waals surface area (Å²) in [6.07, 6.45) is 8.02. The first-order valence-corrected chi connectivity index (χ1v) is 8.43. The third-order valence-corrected chi connectivity index (χ3v) is 3.74. The lowest BCUT2D eigenvalue weighted by atomic mass is 9.86. The Bertz CT molecular complexity index is 469. The standard InChI is InChI=1S/C20H33NO/c1-16(2)21-14-10-8-7-9-11-17-15-18(20(3,4)5)12-13-19(17)22-6/h9,11-13,15-16,21H,7-8,10,14H2,1-6H3. The monoisotopic (exact) mass is 303 g/mol. The van der Waals surface area contributed by atoms with Crippen LogP contribution in [-0.2, 0) is 5.41 Å². The largest absolute Gasteiger partial charge is 0.496 e. The number of methoxy groups -OCH3 is 1. The fraction of sp³-hybridized carbons (Fsp3) is 0.600. The third-order valence-electron chi connectivity index (χ3n) is 3.74. The zero-order valence-corrected chi connectivity index (χ0v) is 15.2. The fourth-order valence-electron chi connectivity index (χ4n) is 2.32. The van der Waals surface area contributed by atoms with Crippen LogP contribution in [0.3, 0.4) is 0 Å². The first-order valence-electron chi connectivity index (χ1n) is 8.43. The van der Waals surface area contributed by atoms with Crippen molar-refractivity contribution in [3.05, 3.63) is 35.4 Å². The van der Waals surface area contributed by atoms with Crippen LogP contribution in [0.2, 0.25) is 0 Å². The number of hydrogen-bond donors (Lipinski definition) is 1. The second-order valence-corrected chi connectivity index (χ2v) is 7.21. The quantitative estimate of drug-likeness (QED) is 0.669. The first kappa shape index (κ1) is 18.8. The molecule has 22 heavy (non-hydrogen) atoms. The van der Waals surface area contributed by atoms with Gasteiger partial charge in [-0.05, 0) is 48.9 Å². The zero-order valence-electron chi connectivity index (χ0n) is 15.2. The van der Waals surface area contributed by atoms with E-state index >= 15 is 0 Å². The summed E-state index contributed by atoms with van der Waals surface area (Å²) in [4.78, 5) is 0. The average Bonchev–Trinajstić information content (AvgIpc) is 2.44. The van der Waals surface area contributed by atoms with E-state index in [9.17, 15) is 0 Å². The van der Waals surface area contributed by atoms with Gasteiger partial charge in [-0.15, -0.1) is 0 Å². The second-order valence-electron chi connectivity index (χ2n) is 7.21. The fourth-order valence-corrected chi connectivity index (χ4v) is 2.32. The molecule has 0 heterocycles. The molecule has 1 rings (SSSR count). The van der Waals surface area contributed by atoms with Gasteiger partial charge in [-0.1, -0.05) is 52.8 Å². The van der Waals surface area contributed by atoms with Gasteiger partial charge in [0.1, 0.15) is 5.75 Å². The van der Waals surface area contributed by atoms with Crippen molar-refractivity contribution >= 4 is 6.08 Å². The Labute approximate surface area is 137 Å². The molecular weight excluding hydrogens is 270 g/mol. The Kier molecular flexibility index (Phi) is 7.67. The predicted molar refractivity (Wildman–Crippen MR) is 97.7 cm³/mol. The maximum Gasteiger partial charge on any atom is 0.126 e. The number of nitrogens with one attached hydrogen (secondary N) is 1. The third kappa shape index (κ3) is 6.65. The summed E-state index contributed by atoms with van der Waals surface area (Å²) >= 11 is 0. The molecule has 2 heteroatoms. The molecule has 0 aromatic heterocycles. The molecule has 0 amide bonds. The number of unbranched alkanes of at least 4 members (excludes halogenated alkanes) is 2. The highest BCUT2D eigenvalue weighted by atomic mass is 16.5. The Morgan fingerprint density at radius 1 is 1.18 bits per heavy atom. The van der Waals surface area contributed by atoms with Crippen LogP contribution in [0.5, 0.6) is 5.75 Å². The van der Waals surface area contributed by atoms with Gasteiger partial charge in [0.15, 0.2) is 0 Å².